The Morgan fingerprint density at radius 2 is 1.86 bits per heavy atom. The Balaban J connectivity index is 2.12. The second-order valence-electron chi connectivity index (χ2n) is 6.20. The maximum absolute atomic E-state index is 13.0. The molecule has 0 aliphatic carbocycles. The fourth-order valence-corrected chi connectivity index (χ4v) is 2.81. The molecule has 0 amide bonds. The van der Waals surface area contributed by atoms with Gasteiger partial charge in [-0.3, -0.25) is 14.4 Å². The number of aromatic nitrogens is 2. The number of nitrogens with two attached hydrogens (primary N) is 1. The fraction of sp³-hybridized carbons (Fsp3) is 0.200. The van der Waals surface area contributed by atoms with Crippen LogP contribution in [0.5, 0.6) is 5.75 Å². The van der Waals surface area contributed by atoms with Crippen LogP contribution in [-0.4, -0.2) is 39.7 Å². The van der Waals surface area contributed by atoms with E-state index >= 15 is 0 Å². The number of carbonyl (C=O) groups is 2. The molecule has 0 spiro atoms. The lowest BCUT2D eigenvalue weighted by Gasteiger charge is -2.13. The molecule has 8 heteroatoms. The molecule has 3 rings (SSSR count). The molecule has 0 saturated heterocycles. The normalized spacial score (nSPS) is 11.9. The maximum atomic E-state index is 13.0. The van der Waals surface area contributed by atoms with Crippen LogP contribution in [0.3, 0.4) is 0 Å². The van der Waals surface area contributed by atoms with Crippen LogP contribution in [0.1, 0.15) is 17.6 Å². The van der Waals surface area contributed by atoms with Crippen LogP contribution in [0.4, 0.5) is 0 Å². The third kappa shape index (κ3) is 3.77. The van der Waals surface area contributed by atoms with E-state index in [-0.39, 0.29) is 18.7 Å². The zero-order valence-corrected chi connectivity index (χ0v) is 15.2. The second-order valence-corrected chi connectivity index (χ2v) is 6.20. The largest absolute Gasteiger partial charge is 0.497 e. The molecule has 8 nitrogen and oxygen atoms in total. The summed E-state index contributed by atoms with van der Waals surface area (Å²) in [6.07, 6.45) is -0.286. The van der Waals surface area contributed by atoms with Gasteiger partial charge in [0.1, 0.15) is 17.6 Å². The predicted molar refractivity (Wildman–Crippen MR) is 103 cm³/mol. The quantitative estimate of drug-likeness (QED) is 0.668. The van der Waals surface area contributed by atoms with E-state index in [2.05, 4.69) is 4.98 Å². The minimum Gasteiger partial charge on any atom is -0.497 e. The highest BCUT2D eigenvalue weighted by atomic mass is 16.5. The van der Waals surface area contributed by atoms with E-state index in [4.69, 9.17) is 15.6 Å². The van der Waals surface area contributed by atoms with E-state index in [1.165, 1.54) is 7.11 Å². The minimum atomic E-state index is -1.20. The molecule has 0 fully saturated rings. The van der Waals surface area contributed by atoms with Crippen molar-refractivity contribution in [2.75, 3.05) is 7.11 Å². The third-order valence-corrected chi connectivity index (χ3v) is 4.36. The van der Waals surface area contributed by atoms with Crippen molar-refractivity contribution in [3.8, 4) is 17.1 Å². The van der Waals surface area contributed by atoms with Crippen molar-refractivity contribution >= 4 is 22.8 Å². The number of fused-ring (bicyclic) bond motifs is 1. The van der Waals surface area contributed by atoms with E-state index < -0.39 is 23.5 Å². The van der Waals surface area contributed by atoms with E-state index in [9.17, 15) is 14.4 Å². The molecule has 0 bridgehead atoms. The van der Waals surface area contributed by atoms with Gasteiger partial charge in [0.25, 0.3) is 5.56 Å². The van der Waals surface area contributed by atoms with Gasteiger partial charge in [0, 0.05) is 12.0 Å². The van der Waals surface area contributed by atoms with Gasteiger partial charge >= 0.3 is 5.97 Å². The molecule has 28 heavy (non-hydrogen) atoms. The van der Waals surface area contributed by atoms with Crippen LogP contribution in [0.15, 0.2) is 53.3 Å². The molecule has 0 radical (unpaired) electrons. The lowest BCUT2D eigenvalue weighted by Crippen LogP contribution is -2.34. The van der Waals surface area contributed by atoms with Crippen molar-refractivity contribution in [3.05, 3.63) is 58.9 Å². The second kappa shape index (κ2) is 8.01. The Kier molecular flexibility index (Phi) is 5.51. The molecule has 3 aromatic rings. The van der Waals surface area contributed by atoms with Gasteiger partial charge in [0.2, 0.25) is 5.91 Å². The molecule has 2 aromatic carbocycles. The number of methoxy groups -OCH3 is 1. The van der Waals surface area contributed by atoms with Crippen molar-refractivity contribution in [1.29, 1.82) is 0 Å². The lowest BCUT2D eigenvalue weighted by molar-refractivity contribution is -0.138. The smallest absolute Gasteiger partial charge is 0.320 e. The summed E-state index contributed by atoms with van der Waals surface area (Å²) in [5, 5.41) is 9.22. The SMILES string of the molecule is COc1ccc(-c2nc3ccccc3c(=O)n2C(=O)CCC(N)C(=O)O)cc1. The van der Waals surface area contributed by atoms with Gasteiger partial charge in [-0.25, -0.2) is 9.55 Å². The number of para-hydroxylation sites is 1. The highest BCUT2D eigenvalue weighted by Crippen LogP contribution is 2.22. The average molecular weight is 381 g/mol. The van der Waals surface area contributed by atoms with Crippen LogP contribution in [0, 0.1) is 0 Å². The average Bonchev–Trinajstić information content (AvgIpc) is 2.71. The summed E-state index contributed by atoms with van der Waals surface area (Å²) in [5.41, 5.74) is 5.99. The van der Waals surface area contributed by atoms with Crippen LogP contribution >= 0.6 is 0 Å². The van der Waals surface area contributed by atoms with Crippen molar-refractivity contribution in [2.45, 2.75) is 18.9 Å². The molecule has 0 aliphatic rings. The summed E-state index contributed by atoms with van der Waals surface area (Å²) >= 11 is 0. The standard InChI is InChI=1S/C20H19N3O5/c1-28-13-8-6-12(7-9-13)18-22-16-5-3-2-4-14(16)19(25)23(18)17(24)11-10-15(21)20(26)27/h2-9,15H,10-11,21H2,1H3,(H,26,27). The molecule has 1 heterocycles. The van der Waals surface area contributed by atoms with E-state index in [1.807, 2.05) is 0 Å². The predicted octanol–water partition coefficient (Wildman–Crippen LogP) is 1.90. The Labute approximate surface area is 160 Å². The number of aliphatic carboxylic acids is 1. The van der Waals surface area contributed by atoms with Crippen LogP contribution in [-0.2, 0) is 4.79 Å². The molecule has 3 N–H and O–H groups in total. The number of benzene rings is 2. The first kappa shape index (κ1) is 19.2. The molecule has 1 unspecified atom stereocenters. The molecule has 1 atom stereocenters. The first-order chi connectivity index (χ1) is 13.4. The van der Waals surface area contributed by atoms with Crippen molar-refractivity contribution in [1.82, 2.24) is 9.55 Å². The summed E-state index contributed by atoms with van der Waals surface area (Å²) in [6, 6.07) is 12.3. The molecule has 0 aliphatic heterocycles. The Morgan fingerprint density at radius 3 is 2.50 bits per heavy atom. The molecular weight excluding hydrogens is 362 g/mol. The summed E-state index contributed by atoms with van der Waals surface area (Å²) in [5.74, 6) is -0.963. The number of carboxylic acids is 1. The monoisotopic (exact) mass is 381 g/mol. The number of hydrogen-bond acceptors (Lipinski definition) is 6. The summed E-state index contributed by atoms with van der Waals surface area (Å²) in [6.45, 7) is 0. The first-order valence-corrected chi connectivity index (χ1v) is 8.60. The number of hydrogen-bond donors (Lipinski definition) is 2. The number of ether oxygens (including phenoxy) is 1. The molecule has 144 valence electrons. The topological polar surface area (TPSA) is 125 Å². The van der Waals surface area contributed by atoms with Gasteiger partial charge in [-0.2, -0.15) is 0 Å². The molecular formula is C20H19N3O5. The van der Waals surface area contributed by atoms with Crippen molar-refractivity contribution in [3.63, 3.8) is 0 Å². The van der Waals surface area contributed by atoms with Crippen LogP contribution < -0.4 is 16.0 Å². The minimum absolute atomic E-state index is 0.0878. The van der Waals surface area contributed by atoms with Gasteiger partial charge in [-0.05, 0) is 42.8 Å². The zero-order valence-electron chi connectivity index (χ0n) is 15.2. The highest BCUT2D eigenvalue weighted by molar-refractivity contribution is 5.88. The number of carbonyl (C=O) groups excluding carboxylic acids is 1. The number of rotatable bonds is 6. The van der Waals surface area contributed by atoms with Crippen molar-refractivity contribution in [2.24, 2.45) is 5.73 Å². The Hall–Kier alpha value is -3.52. The maximum Gasteiger partial charge on any atom is 0.320 e. The summed E-state index contributed by atoms with van der Waals surface area (Å²) in [4.78, 5) is 41.2. The number of carboxylic acid groups (broad SMARTS) is 1. The Bertz CT molecular complexity index is 1090. The van der Waals surface area contributed by atoms with Gasteiger partial charge in [-0.15, -0.1) is 0 Å². The van der Waals surface area contributed by atoms with Crippen LogP contribution in [0.2, 0.25) is 0 Å². The van der Waals surface area contributed by atoms with Gasteiger partial charge in [0.15, 0.2) is 0 Å². The van der Waals surface area contributed by atoms with Crippen molar-refractivity contribution < 1.29 is 19.4 Å². The summed E-state index contributed by atoms with van der Waals surface area (Å²) in [7, 11) is 1.54. The lowest BCUT2D eigenvalue weighted by atomic mass is 10.1. The van der Waals surface area contributed by atoms with Gasteiger partial charge in [-0.1, -0.05) is 12.1 Å². The third-order valence-electron chi connectivity index (χ3n) is 4.36. The van der Waals surface area contributed by atoms with E-state index in [1.54, 1.807) is 48.5 Å². The summed E-state index contributed by atoms with van der Waals surface area (Å²) < 4.78 is 6.12. The Morgan fingerprint density at radius 1 is 1.18 bits per heavy atom. The van der Waals surface area contributed by atoms with Gasteiger partial charge < -0.3 is 15.6 Å². The van der Waals surface area contributed by atoms with E-state index in [0.29, 0.717) is 22.2 Å². The van der Waals surface area contributed by atoms with Gasteiger partial charge in [0.05, 0.1) is 18.0 Å². The fourth-order valence-electron chi connectivity index (χ4n) is 2.81. The number of nitrogens with zero attached hydrogens (tertiary/aromatic N) is 2. The molecule has 0 saturated carbocycles. The highest BCUT2D eigenvalue weighted by Gasteiger charge is 2.20. The van der Waals surface area contributed by atoms with E-state index in [0.717, 1.165) is 4.57 Å². The van der Waals surface area contributed by atoms with Crippen LogP contribution in [0.25, 0.3) is 22.3 Å². The molecule has 1 aromatic heterocycles. The first-order valence-electron chi connectivity index (χ1n) is 8.60. The zero-order chi connectivity index (χ0) is 20.3.